The van der Waals surface area contributed by atoms with Crippen LogP contribution in [0.25, 0.3) is 0 Å². The number of carbonyl (C=O) groups is 1. The van der Waals surface area contributed by atoms with Gasteiger partial charge < -0.3 is 9.30 Å². The van der Waals surface area contributed by atoms with Gasteiger partial charge in [-0.15, -0.1) is 0 Å². The molecule has 1 aliphatic heterocycles. The molecule has 0 bridgehead atoms. The number of allylic oxidation sites excluding steroid dienone is 2. The summed E-state index contributed by atoms with van der Waals surface area (Å²) in [6.07, 6.45) is 6.57. The number of fused-ring (bicyclic) bond motifs is 1. The molecule has 0 unspecified atom stereocenters. The third-order valence-electron chi connectivity index (χ3n) is 3.28. The molecule has 0 spiro atoms. The lowest BCUT2D eigenvalue weighted by atomic mass is 10.2. The highest BCUT2D eigenvalue weighted by atomic mass is 16.6. The molecule has 1 aromatic rings. The number of hydrogen-bond donors (Lipinski definition) is 0. The fourth-order valence-electron chi connectivity index (χ4n) is 2.13. The monoisotopic (exact) mass is 273 g/mol. The van der Waals surface area contributed by atoms with Crippen molar-refractivity contribution in [3.8, 4) is 0 Å². The van der Waals surface area contributed by atoms with Crippen molar-refractivity contribution in [1.82, 2.24) is 14.5 Å². The zero-order valence-electron chi connectivity index (χ0n) is 11.7. The quantitative estimate of drug-likeness (QED) is 0.792. The number of rotatable bonds is 4. The molecule has 0 saturated carbocycles. The smallest absolute Gasteiger partial charge is 0.410 e. The van der Waals surface area contributed by atoms with Crippen molar-refractivity contribution in [3.05, 3.63) is 54.7 Å². The third-order valence-corrected chi connectivity index (χ3v) is 3.28. The van der Waals surface area contributed by atoms with Gasteiger partial charge in [0.1, 0.15) is 12.4 Å². The van der Waals surface area contributed by atoms with Gasteiger partial charge in [0, 0.05) is 25.0 Å². The summed E-state index contributed by atoms with van der Waals surface area (Å²) in [5, 5.41) is 0. The van der Waals surface area contributed by atoms with Gasteiger partial charge in [-0.25, -0.2) is 9.78 Å². The summed E-state index contributed by atoms with van der Waals surface area (Å²) in [6.45, 7) is 11.4. The fraction of sp³-hybridized carbons (Fsp3) is 0.333. The molecular formula is C15H19N3O2. The number of aryl methyl sites for hydroxylation is 1. The lowest BCUT2D eigenvalue weighted by Gasteiger charge is -2.27. The van der Waals surface area contributed by atoms with E-state index in [4.69, 9.17) is 4.74 Å². The van der Waals surface area contributed by atoms with Gasteiger partial charge in [0.25, 0.3) is 0 Å². The van der Waals surface area contributed by atoms with E-state index in [1.165, 1.54) is 0 Å². The second kappa shape index (κ2) is 6.23. The molecule has 1 amide bonds. The van der Waals surface area contributed by atoms with Crippen LogP contribution in [0.3, 0.4) is 0 Å². The van der Waals surface area contributed by atoms with E-state index in [0.29, 0.717) is 13.1 Å². The van der Waals surface area contributed by atoms with Crippen molar-refractivity contribution >= 4 is 6.09 Å². The average molecular weight is 273 g/mol. The number of carbonyl (C=O) groups excluding carboxylic acids is 1. The van der Waals surface area contributed by atoms with Crippen LogP contribution < -0.4 is 0 Å². The Labute approximate surface area is 118 Å². The number of aromatic nitrogens is 2. The molecule has 2 heterocycles. The van der Waals surface area contributed by atoms with E-state index in [1.54, 1.807) is 23.1 Å². The Kier molecular flexibility index (Phi) is 4.40. The van der Waals surface area contributed by atoms with E-state index >= 15 is 0 Å². The minimum atomic E-state index is -0.325. The van der Waals surface area contributed by atoms with E-state index in [9.17, 15) is 4.79 Å². The first-order valence-corrected chi connectivity index (χ1v) is 6.52. The Morgan fingerprint density at radius 2 is 2.30 bits per heavy atom. The Balaban J connectivity index is 1.93. The van der Waals surface area contributed by atoms with Gasteiger partial charge in [0.15, 0.2) is 0 Å². The van der Waals surface area contributed by atoms with Crippen LogP contribution in [0, 0.1) is 6.92 Å². The van der Waals surface area contributed by atoms with Crippen molar-refractivity contribution in [2.75, 3.05) is 13.2 Å². The topological polar surface area (TPSA) is 47.4 Å². The van der Waals surface area contributed by atoms with Crippen molar-refractivity contribution < 1.29 is 9.53 Å². The largest absolute Gasteiger partial charge is 0.445 e. The van der Waals surface area contributed by atoms with Crippen LogP contribution >= 0.6 is 0 Å². The van der Waals surface area contributed by atoms with Crippen LogP contribution in [0.4, 0.5) is 4.79 Å². The highest BCUT2D eigenvalue weighted by Crippen LogP contribution is 2.14. The number of hydrogen-bond acceptors (Lipinski definition) is 3. The van der Waals surface area contributed by atoms with Gasteiger partial charge >= 0.3 is 6.09 Å². The SMILES string of the molecule is C=CC=C(C=C)COC(=O)N1CCn2c(C)cnc2C1. The number of ether oxygens (including phenoxy) is 1. The van der Waals surface area contributed by atoms with E-state index < -0.39 is 0 Å². The van der Waals surface area contributed by atoms with E-state index in [1.807, 2.05) is 13.1 Å². The molecule has 0 fully saturated rings. The minimum absolute atomic E-state index is 0.207. The second-order valence-electron chi connectivity index (χ2n) is 4.62. The second-order valence-corrected chi connectivity index (χ2v) is 4.62. The van der Waals surface area contributed by atoms with Crippen LogP contribution in [-0.4, -0.2) is 33.7 Å². The van der Waals surface area contributed by atoms with Gasteiger partial charge in [-0.3, -0.25) is 4.90 Å². The summed E-state index contributed by atoms with van der Waals surface area (Å²) in [5.41, 5.74) is 1.94. The molecule has 5 heteroatoms. The molecule has 0 aliphatic carbocycles. The number of amides is 1. The Morgan fingerprint density at radius 3 is 3.00 bits per heavy atom. The molecule has 0 saturated heterocycles. The summed E-state index contributed by atoms with van der Waals surface area (Å²) in [7, 11) is 0. The van der Waals surface area contributed by atoms with Crippen molar-refractivity contribution in [1.29, 1.82) is 0 Å². The zero-order valence-corrected chi connectivity index (χ0v) is 11.7. The predicted octanol–water partition coefficient (Wildman–Crippen LogP) is 2.44. The average Bonchev–Trinajstić information content (AvgIpc) is 2.84. The Morgan fingerprint density at radius 1 is 1.50 bits per heavy atom. The van der Waals surface area contributed by atoms with Crippen LogP contribution in [-0.2, 0) is 17.8 Å². The maximum Gasteiger partial charge on any atom is 0.410 e. The molecule has 0 radical (unpaired) electrons. The molecule has 20 heavy (non-hydrogen) atoms. The fourth-order valence-corrected chi connectivity index (χ4v) is 2.13. The van der Waals surface area contributed by atoms with Gasteiger partial charge in [-0.1, -0.05) is 31.4 Å². The van der Waals surface area contributed by atoms with Crippen LogP contribution in [0.5, 0.6) is 0 Å². The minimum Gasteiger partial charge on any atom is -0.445 e. The van der Waals surface area contributed by atoms with Gasteiger partial charge in [0.05, 0.1) is 6.54 Å². The van der Waals surface area contributed by atoms with E-state index in [2.05, 4.69) is 22.7 Å². The molecule has 5 nitrogen and oxygen atoms in total. The van der Waals surface area contributed by atoms with Crippen molar-refractivity contribution in [3.63, 3.8) is 0 Å². The lowest BCUT2D eigenvalue weighted by Crippen LogP contribution is -2.39. The Hall–Kier alpha value is -2.30. The summed E-state index contributed by atoms with van der Waals surface area (Å²) in [4.78, 5) is 18.0. The van der Waals surface area contributed by atoms with Crippen molar-refractivity contribution in [2.24, 2.45) is 0 Å². The van der Waals surface area contributed by atoms with Gasteiger partial charge in [-0.2, -0.15) is 0 Å². The third kappa shape index (κ3) is 2.99. The lowest BCUT2D eigenvalue weighted by molar-refractivity contribution is 0.0994. The summed E-state index contributed by atoms with van der Waals surface area (Å²) >= 11 is 0. The van der Waals surface area contributed by atoms with E-state index in [-0.39, 0.29) is 12.7 Å². The summed E-state index contributed by atoms with van der Waals surface area (Å²) < 4.78 is 7.39. The maximum atomic E-state index is 12.0. The molecule has 0 N–H and O–H groups in total. The van der Waals surface area contributed by atoms with Gasteiger partial charge in [-0.05, 0) is 12.5 Å². The van der Waals surface area contributed by atoms with Crippen LogP contribution in [0.15, 0.2) is 43.2 Å². The Bertz CT molecular complexity index is 557. The molecule has 1 aromatic heterocycles. The molecule has 2 rings (SSSR count). The molecule has 1 aliphatic rings. The van der Waals surface area contributed by atoms with Crippen LogP contribution in [0.2, 0.25) is 0 Å². The highest BCUT2D eigenvalue weighted by Gasteiger charge is 2.23. The molecule has 0 atom stereocenters. The number of nitrogens with zero attached hydrogens (tertiary/aromatic N) is 3. The summed E-state index contributed by atoms with van der Waals surface area (Å²) in [5.74, 6) is 0.899. The normalized spacial score (nSPS) is 14.7. The maximum absolute atomic E-state index is 12.0. The van der Waals surface area contributed by atoms with Crippen LogP contribution in [0.1, 0.15) is 11.5 Å². The zero-order chi connectivity index (χ0) is 14.5. The van der Waals surface area contributed by atoms with Crippen molar-refractivity contribution in [2.45, 2.75) is 20.0 Å². The molecule has 0 aromatic carbocycles. The first-order chi connectivity index (χ1) is 9.65. The van der Waals surface area contributed by atoms with E-state index in [0.717, 1.165) is 23.6 Å². The molecule has 106 valence electrons. The summed E-state index contributed by atoms with van der Waals surface area (Å²) in [6, 6.07) is 0. The predicted molar refractivity (Wildman–Crippen MR) is 77.2 cm³/mol. The number of imidazole rings is 1. The first-order valence-electron chi connectivity index (χ1n) is 6.52. The first kappa shape index (κ1) is 14.1. The standard InChI is InChI=1S/C15H19N3O2/c1-4-6-13(5-2)11-20-15(19)17-7-8-18-12(3)9-16-14(18)10-17/h4-6,9H,1-2,7-8,10-11H2,3H3. The molecular weight excluding hydrogens is 254 g/mol. The highest BCUT2D eigenvalue weighted by molar-refractivity contribution is 5.68. The van der Waals surface area contributed by atoms with Gasteiger partial charge in [0.2, 0.25) is 0 Å².